The number of pyridine rings is 1. The van der Waals surface area contributed by atoms with Gasteiger partial charge in [0, 0.05) is 19.2 Å². The number of amides is 2. The summed E-state index contributed by atoms with van der Waals surface area (Å²) in [6.07, 6.45) is 1.54. The standard InChI is InChI=1S/C17H25N5O3/c1-11(2)22-13(4)16(12(3)21-22)20-17(23)19-14-6-7-15(18-10-14)25-9-8-24-5/h6-7,10-11H,8-9H2,1-5H3,(H2,19,20,23). The number of urea groups is 1. The van der Waals surface area contributed by atoms with Gasteiger partial charge < -0.3 is 20.1 Å². The van der Waals surface area contributed by atoms with Gasteiger partial charge >= 0.3 is 6.03 Å². The summed E-state index contributed by atoms with van der Waals surface area (Å²) in [6.45, 7) is 8.82. The molecule has 0 fully saturated rings. The predicted octanol–water partition coefficient (Wildman–Crippen LogP) is 3.15. The SMILES string of the molecule is COCCOc1ccc(NC(=O)Nc2c(C)nn(C(C)C)c2C)cn1. The van der Waals surface area contributed by atoms with Crippen LogP contribution in [0.2, 0.25) is 0 Å². The summed E-state index contributed by atoms with van der Waals surface area (Å²) in [5.74, 6) is 0.480. The molecule has 0 saturated heterocycles. The van der Waals surface area contributed by atoms with Crippen molar-refractivity contribution in [3.63, 3.8) is 0 Å². The molecule has 2 amide bonds. The fourth-order valence-electron chi connectivity index (χ4n) is 2.39. The van der Waals surface area contributed by atoms with Crippen LogP contribution >= 0.6 is 0 Å². The van der Waals surface area contributed by atoms with Crippen LogP contribution in [0.25, 0.3) is 0 Å². The van der Waals surface area contributed by atoms with Gasteiger partial charge in [0.25, 0.3) is 0 Å². The summed E-state index contributed by atoms with van der Waals surface area (Å²) >= 11 is 0. The van der Waals surface area contributed by atoms with Gasteiger partial charge in [-0.1, -0.05) is 0 Å². The molecule has 0 aliphatic carbocycles. The van der Waals surface area contributed by atoms with Crippen LogP contribution in [-0.4, -0.2) is 41.1 Å². The number of hydrogen-bond donors (Lipinski definition) is 2. The van der Waals surface area contributed by atoms with Crippen LogP contribution in [0.15, 0.2) is 18.3 Å². The van der Waals surface area contributed by atoms with Gasteiger partial charge in [0.05, 0.1) is 35.6 Å². The summed E-state index contributed by atoms with van der Waals surface area (Å²) in [4.78, 5) is 16.4. The quantitative estimate of drug-likeness (QED) is 0.751. The summed E-state index contributed by atoms with van der Waals surface area (Å²) in [6, 6.07) is 3.31. The molecule has 0 bridgehead atoms. The maximum absolute atomic E-state index is 12.2. The summed E-state index contributed by atoms with van der Waals surface area (Å²) < 4.78 is 12.2. The zero-order valence-electron chi connectivity index (χ0n) is 15.3. The Bertz CT molecular complexity index is 710. The highest BCUT2D eigenvalue weighted by Gasteiger charge is 2.15. The summed E-state index contributed by atoms with van der Waals surface area (Å²) in [5.41, 5.74) is 2.99. The molecule has 0 aliphatic rings. The Balaban J connectivity index is 1.96. The molecule has 2 aromatic heterocycles. The van der Waals surface area contributed by atoms with E-state index in [4.69, 9.17) is 9.47 Å². The molecule has 25 heavy (non-hydrogen) atoms. The van der Waals surface area contributed by atoms with E-state index in [0.29, 0.717) is 24.8 Å². The van der Waals surface area contributed by atoms with E-state index in [2.05, 4.69) is 20.7 Å². The fourth-order valence-corrected chi connectivity index (χ4v) is 2.39. The minimum absolute atomic E-state index is 0.229. The predicted molar refractivity (Wildman–Crippen MR) is 96.3 cm³/mol. The summed E-state index contributed by atoms with van der Waals surface area (Å²) in [5, 5.41) is 10.0. The number of anilines is 2. The first kappa shape index (κ1) is 18.7. The van der Waals surface area contributed by atoms with Crippen molar-refractivity contribution in [2.24, 2.45) is 0 Å². The van der Waals surface area contributed by atoms with Crippen LogP contribution in [0.4, 0.5) is 16.2 Å². The maximum Gasteiger partial charge on any atom is 0.323 e. The van der Waals surface area contributed by atoms with E-state index in [1.54, 1.807) is 25.4 Å². The van der Waals surface area contributed by atoms with Crippen molar-refractivity contribution in [3.05, 3.63) is 29.7 Å². The molecule has 2 N–H and O–H groups in total. The first-order valence-corrected chi connectivity index (χ1v) is 8.14. The van der Waals surface area contributed by atoms with E-state index >= 15 is 0 Å². The molecule has 0 aliphatic heterocycles. The second-order valence-corrected chi connectivity index (χ2v) is 5.89. The van der Waals surface area contributed by atoms with Gasteiger partial charge in [-0.15, -0.1) is 0 Å². The van der Waals surface area contributed by atoms with Crippen LogP contribution in [0.3, 0.4) is 0 Å². The number of nitrogens with zero attached hydrogens (tertiary/aromatic N) is 3. The van der Waals surface area contributed by atoms with E-state index in [9.17, 15) is 4.79 Å². The number of carbonyl (C=O) groups excluding carboxylic acids is 1. The first-order chi connectivity index (χ1) is 11.9. The van der Waals surface area contributed by atoms with Crippen LogP contribution in [-0.2, 0) is 4.74 Å². The third-order valence-electron chi connectivity index (χ3n) is 3.58. The van der Waals surface area contributed by atoms with Crippen LogP contribution in [0, 0.1) is 13.8 Å². The molecule has 2 heterocycles. The van der Waals surface area contributed by atoms with E-state index in [-0.39, 0.29) is 12.1 Å². The molecule has 0 saturated carbocycles. The van der Waals surface area contributed by atoms with Crippen molar-refractivity contribution in [2.75, 3.05) is 31.0 Å². The van der Waals surface area contributed by atoms with Gasteiger partial charge in [0.2, 0.25) is 5.88 Å². The highest BCUT2D eigenvalue weighted by atomic mass is 16.5. The molecule has 0 unspecified atom stereocenters. The molecular weight excluding hydrogens is 322 g/mol. The van der Waals surface area contributed by atoms with Crippen LogP contribution in [0.1, 0.15) is 31.3 Å². The highest BCUT2D eigenvalue weighted by molar-refractivity contribution is 6.00. The monoisotopic (exact) mass is 347 g/mol. The smallest absolute Gasteiger partial charge is 0.323 e. The Morgan fingerprint density at radius 3 is 2.56 bits per heavy atom. The highest BCUT2D eigenvalue weighted by Crippen LogP contribution is 2.22. The molecule has 0 aromatic carbocycles. The molecule has 0 atom stereocenters. The minimum Gasteiger partial charge on any atom is -0.475 e. The third-order valence-corrected chi connectivity index (χ3v) is 3.58. The molecule has 8 heteroatoms. The number of methoxy groups -OCH3 is 1. The molecule has 2 aromatic rings. The van der Waals surface area contributed by atoms with Crippen molar-refractivity contribution >= 4 is 17.4 Å². The zero-order valence-corrected chi connectivity index (χ0v) is 15.3. The molecule has 2 rings (SSSR count). The van der Waals surface area contributed by atoms with E-state index in [1.165, 1.54) is 0 Å². The zero-order chi connectivity index (χ0) is 18.4. The van der Waals surface area contributed by atoms with Crippen molar-refractivity contribution in [2.45, 2.75) is 33.7 Å². The second kappa shape index (κ2) is 8.48. The molecule has 0 radical (unpaired) electrons. The van der Waals surface area contributed by atoms with E-state index < -0.39 is 0 Å². The van der Waals surface area contributed by atoms with Crippen molar-refractivity contribution in [1.82, 2.24) is 14.8 Å². The Morgan fingerprint density at radius 1 is 1.24 bits per heavy atom. The van der Waals surface area contributed by atoms with Crippen molar-refractivity contribution < 1.29 is 14.3 Å². The topological polar surface area (TPSA) is 90.3 Å². The van der Waals surface area contributed by atoms with Crippen molar-refractivity contribution in [1.29, 1.82) is 0 Å². The molecule has 0 spiro atoms. The lowest BCUT2D eigenvalue weighted by atomic mass is 10.3. The minimum atomic E-state index is -0.343. The molecular formula is C17H25N5O3. The normalized spacial score (nSPS) is 10.8. The Kier molecular flexibility index (Phi) is 6.35. The van der Waals surface area contributed by atoms with Gasteiger partial charge in [-0.3, -0.25) is 4.68 Å². The van der Waals surface area contributed by atoms with E-state index in [1.807, 2.05) is 32.4 Å². The Labute approximate surface area is 147 Å². The van der Waals surface area contributed by atoms with Crippen molar-refractivity contribution in [3.8, 4) is 5.88 Å². The summed E-state index contributed by atoms with van der Waals surface area (Å²) in [7, 11) is 1.61. The largest absolute Gasteiger partial charge is 0.475 e. The average molecular weight is 347 g/mol. The van der Waals surface area contributed by atoms with E-state index in [0.717, 1.165) is 17.1 Å². The van der Waals surface area contributed by atoms with Crippen LogP contribution in [0.5, 0.6) is 5.88 Å². The second-order valence-electron chi connectivity index (χ2n) is 5.89. The number of aromatic nitrogens is 3. The number of nitrogens with one attached hydrogen (secondary N) is 2. The number of ether oxygens (including phenoxy) is 2. The fraction of sp³-hybridized carbons (Fsp3) is 0.471. The molecule has 136 valence electrons. The maximum atomic E-state index is 12.2. The first-order valence-electron chi connectivity index (χ1n) is 8.14. The van der Waals surface area contributed by atoms with Gasteiger partial charge in [-0.2, -0.15) is 5.10 Å². The van der Waals surface area contributed by atoms with Gasteiger partial charge in [0.15, 0.2) is 0 Å². The number of hydrogen-bond acceptors (Lipinski definition) is 5. The number of aryl methyl sites for hydroxylation is 1. The van der Waals surface area contributed by atoms with Gasteiger partial charge in [-0.25, -0.2) is 9.78 Å². The lowest BCUT2D eigenvalue weighted by Gasteiger charge is -2.10. The van der Waals surface area contributed by atoms with Gasteiger partial charge in [0.1, 0.15) is 6.61 Å². The number of rotatable bonds is 7. The lowest BCUT2D eigenvalue weighted by molar-refractivity contribution is 0.144. The Morgan fingerprint density at radius 2 is 2.00 bits per heavy atom. The Hall–Kier alpha value is -2.61. The average Bonchev–Trinajstić information content (AvgIpc) is 2.85. The molecule has 8 nitrogen and oxygen atoms in total. The van der Waals surface area contributed by atoms with Gasteiger partial charge in [-0.05, 0) is 33.8 Å². The third kappa shape index (κ3) is 4.93. The lowest BCUT2D eigenvalue weighted by Crippen LogP contribution is -2.20. The van der Waals surface area contributed by atoms with Crippen LogP contribution < -0.4 is 15.4 Å². The number of carbonyl (C=O) groups is 1.